The van der Waals surface area contributed by atoms with E-state index < -0.39 is 0 Å². The molecule has 2 aromatic heterocycles. The van der Waals surface area contributed by atoms with Crippen molar-refractivity contribution in [2.45, 2.75) is 26.9 Å². The van der Waals surface area contributed by atoms with Gasteiger partial charge in [-0.3, -0.25) is 9.36 Å². The van der Waals surface area contributed by atoms with E-state index >= 15 is 0 Å². The molecular formula is C12H19N5. The van der Waals surface area contributed by atoms with Crippen molar-refractivity contribution < 1.29 is 0 Å². The van der Waals surface area contributed by atoms with Gasteiger partial charge >= 0.3 is 0 Å². The van der Waals surface area contributed by atoms with Crippen LogP contribution in [0.1, 0.15) is 22.5 Å². The summed E-state index contributed by atoms with van der Waals surface area (Å²) in [5.74, 6) is 0. The highest BCUT2D eigenvalue weighted by Crippen LogP contribution is 2.14. The average Bonchev–Trinajstić information content (AvgIpc) is 2.79. The smallest absolute Gasteiger partial charge is 0.0693 e. The van der Waals surface area contributed by atoms with Crippen LogP contribution in [-0.2, 0) is 20.1 Å². The molecule has 0 saturated carbocycles. The molecule has 0 aliphatic rings. The predicted molar refractivity (Wildman–Crippen MR) is 66.8 cm³/mol. The second-order valence-electron chi connectivity index (χ2n) is 4.36. The quantitative estimate of drug-likeness (QED) is 0.857. The minimum absolute atomic E-state index is 0.782. The van der Waals surface area contributed by atoms with Gasteiger partial charge in [-0.1, -0.05) is 0 Å². The summed E-state index contributed by atoms with van der Waals surface area (Å²) in [5, 5.41) is 11.9. The Balaban J connectivity index is 2.24. The van der Waals surface area contributed by atoms with Crippen LogP contribution >= 0.6 is 0 Å². The summed E-state index contributed by atoms with van der Waals surface area (Å²) in [6, 6.07) is 0. The summed E-state index contributed by atoms with van der Waals surface area (Å²) >= 11 is 0. The molecule has 2 heterocycles. The fraction of sp³-hybridized carbons (Fsp3) is 0.500. The summed E-state index contributed by atoms with van der Waals surface area (Å²) in [6.45, 7) is 5.82. The molecule has 0 bridgehead atoms. The molecule has 0 aliphatic heterocycles. The van der Waals surface area contributed by atoms with Crippen LogP contribution in [-0.4, -0.2) is 26.6 Å². The maximum absolute atomic E-state index is 4.57. The van der Waals surface area contributed by atoms with Crippen LogP contribution < -0.4 is 5.32 Å². The maximum Gasteiger partial charge on any atom is 0.0693 e. The maximum atomic E-state index is 4.57. The van der Waals surface area contributed by atoms with Crippen molar-refractivity contribution in [1.29, 1.82) is 0 Å². The van der Waals surface area contributed by atoms with Gasteiger partial charge in [0.05, 0.1) is 18.4 Å². The van der Waals surface area contributed by atoms with Gasteiger partial charge in [-0.05, 0) is 20.9 Å². The molecule has 1 N–H and O–H groups in total. The molecule has 0 saturated heterocycles. The van der Waals surface area contributed by atoms with Gasteiger partial charge in [-0.15, -0.1) is 0 Å². The van der Waals surface area contributed by atoms with Crippen LogP contribution in [0, 0.1) is 13.8 Å². The summed E-state index contributed by atoms with van der Waals surface area (Å²) in [5.41, 5.74) is 4.78. The zero-order valence-corrected chi connectivity index (χ0v) is 10.9. The largest absolute Gasteiger partial charge is 0.316 e. The molecule has 92 valence electrons. The molecule has 0 radical (unpaired) electrons. The first-order valence-electron chi connectivity index (χ1n) is 5.77. The first kappa shape index (κ1) is 11.9. The summed E-state index contributed by atoms with van der Waals surface area (Å²) in [4.78, 5) is 0. The van der Waals surface area contributed by atoms with Gasteiger partial charge in [0.2, 0.25) is 0 Å². The summed E-state index contributed by atoms with van der Waals surface area (Å²) in [6.07, 6.45) is 3.91. The van der Waals surface area contributed by atoms with Gasteiger partial charge in [0.1, 0.15) is 0 Å². The highest BCUT2D eigenvalue weighted by Gasteiger charge is 2.11. The number of nitrogens with one attached hydrogen (secondary N) is 1. The standard InChI is InChI=1S/C12H19N5/c1-9-12(6-13-3)10(2)17(15-9)8-11-5-14-16(4)7-11/h5,7,13H,6,8H2,1-4H3. The van der Waals surface area contributed by atoms with E-state index in [2.05, 4.69) is 29.4 Å². The molecule has 0 unspecified atom stereocenters. The zero-order valence-electron chi connectivity index (χ0n) is 10.9. The van der Waals surface area contributed by atoms with Crippen molar-refractivity contribution in [2.24, 2.45) is 7.05 Å². The van der Waals surface area contributed by atoms with Gasteiger partial charge in [0.15, 0.2) is 0 Å². The lowest BCUT2D eigenvalue weighted by atomic mass is 10.2. The lowest BCUT2D eigenvalue weighted by Crippen LogP contribution is -2.08. The minimum atomic E-state index is 0.782. The SMILES string of the molecule is CNCc1c(C)nn(Cc2cnn(C)c2)c1C. The molecule has 0 atom stereocenters. The van der Waals surface area contributed by atoms with Crippen LogP contribution in [0.15, 0.2) is 12.4 Å². The van der Waals surface area contributed by atoms with E-state index in [1.807, 2.05) is 35.9 Å². The molecule has 5 nitrogen and oxygen atoms in total. The number of rotatable bonds is 4. The predicted octanol–water partition coefficient (Wildman–Crippen LogP) is 1.00. The molecule has 0 fully saturated rings. The van der Waals surface area contributed by atoms with Gasteiger partial charge < -0.3 is 5.32 Å². The Kier molecular flexibility index (Phi) is 3.28. The second kappa shape index (κ2) is 4.71. The van der Waals surface area contributed by atoms with E-state index in [0.29, 0.717) is 0 Å². The first-order chi connectivity index (χ1) is 8.11. The van der Waals surface area contributed by atoms with E-state index in [4.69, 9.17) is 0 Å². The molecule has 0 aliphatic carbocycles. The monoisotopic (exact) mass is 233 g/mol. The Labute approximate surface area is 101 Å². The molecule has 0 amide bonds. The van der Waals surface area contributed by atoms with Gasteiger partial charge in [-0.25, -0.2) is 0 Å². The number of nitrogens with zero attached hydrogens (tertiary/aromatic N) is 4. The molecule has 0 spiro atoms. The van der Waals surface area contributed by atoms with E-state index in [0.717, 1.165) is 18.8 Å². The highest BCUT2D eigenvalue weighted by molar-refractivity contribution is 5.25. The first-order valence-corrected chi connectivity index (χ1v) is 5.77. The van der Waals surface area contributed by atoms with Gasteiger partial charge in [-0.2, -0.15) is 10.2 Å². The lowest BCUT2D eigenvalue weighted by Gasteiger charge is -2.03. The van der Waals surface area contributed by atoms with Crippen molar-refractivity contribution in [3.05, 3.63) is 34.9 Å². The summed E-state index contributed by atoms with van der Waals surface area (Å²) < 4.78 is 3.86. The van der Waals surface area contributed by atoms with Crippen molar-refractivity contribution in [2.75, 3.05) is 7.05 Å². The van der Waals surface area contributed by atoms with Gasteiger partial charge in [0, 0.05) is 36.6 Å². The zero-order chi connectivity index (χ0) is 12.4. The number of hydrogen-bond donors (Lipinski definition) is 1. The third kappa shape index (κ3) is 2.39. The molecule has 0 aromatic carbocycles. The van der Waals surface area contributed by atoms with E-state index in [1.165, 1.54) is 16.8 Å². The van der Waals surface area contributed by atoms with E-state index in [9.17, 15) is 0 Å². The minimum Gasteiger partial charge on any atom is -0.316 e. The molecular weight excluding hydrogens is 214 g/mol. The fourth-order valence-electron chi connectivity index (χ4n) is 2.05. The van der Waals surface area contributed by atoms with Crippen molar-refractivity contribution in [1.82, 2.24) is 24.9 Å². The molecule has 2 aromatic rings. The number of hydrogen-bond acceptors (Lipinski definition) is 3. The topological polar surface area (TPSA) is 47.7 Å². The fourth-order valence-corrected chi connectivity index (χ4v) is 2.05. The Morgan fingerprint density at radius 3 is 2.71 bits per heavy atom. The van der Waals surface area contributed by atoms with E-state index in [-0.39, 0.29) is 0 Å². The normalized spacial score (nSPS) is 11.1. The van der Waals surface area contributed by atoms with Crippen LogP contribution in [0.4, 0.5) is 0 Å². The van der Waals surface area contributed by atoms with E-state index in [1.54, 1.807) is 0 Å². The number of aryl methyl sites for hydroxylation is 2. The van der Waals surface area contributed by atoms with Crippen molar-refractivity contribution in [3.63, 3.8) is 0 Å². The Morgan fingerprint density at radius 1 is 1.35 bits per heavy atom. The summed E-state index contributed by atoms with van der Waals surface area (Å²) in [7, 11) is 3.88. The highest BCUT2D eigenvalue weighted by atomic mass is 15.3. The average molecular weight is 233 g/mol. The van der Waals surface area contributed by atoms with Crippen LogP contribution in [0.3, 0.4) is 0 Å². The Hall–Kier alpha value is -1.62. The molecule has 5 heteroatoms. The van der Waals surface area contributed by atoms with Gasteiger partial charge in [0.25, 0.3) is 0 Å². The number of aromatic nitrogens is 4. The van der Waals surface area contributed by atoms with Crippen LogP contribution in [0.5, 0.6) is 0 Å². The van der Waals surface area contributed by atoms with Crippen molar-refractivity contribution >= 4 is 0 Å². The van der Waals surface area contributed by atoms with Crippen LogP contribution in [0.2, 0.25) is 0 Å². The Morgan fingerprint density at radius 2 is 2.12 bits per heavy atom. The second-order valence-corrected chi connectivity index (χ2v) is 4.36. The molecule has 17 heavy (non-hydrogen) atoms. The molecule has 2 rings (SSSR count). The lowest BCUT2D eigenvalue weighted by molar-refractivity contribution is 0.656. The Bertz CT molecular complexity index is 509. The third-order valence-electron chi connectivity index (χ3n) is 2.98. The van der Waals surface area contributed by atoms with Crippen LogP contribution in [0.25, 0.3) is 0 Å². The van der Waals surface area contributed by atoms with Crippen molar-refractivity contribution in [3.8, 4) is 0 Å². The third-order valence-corrected chi connectivity index (χ3v) is 2.98.